The summed E-state index contributed by atoms with van der Waals surface area (Å²) in [5.74, 6) is -2.43. The fraction of sp³-hybridized carbons (Fsp3) is 0.333. The number of benzene rings is 1. The molecule has 1 aliphatic rings. The summed E-state index contributed by atoms with van der Waals surface area (Å²) in [6.07, 6.45) is 0.593. The maximum atomic E-state index is 13.8. The van der Waals surface area contributed by atoms with Crippen molar-refractivity contribution in [3.8, 4) is 0 Å². The summed E-state index contributed by atoms with van der Waals surface area (Å²) in [5.41, 5.74) is 5.42. The van der Waals surface area contributed by atoms with E-state index in [1.54, 1.807) is 4.90 Å². The number of amides is 1. The Balaban J connectivity index is 2.20. The van der Waals surface area contributed by atoms with E-state index in [0.717, 1.165) is 6.07 Å². The van der Waals surface area contributed by atoms with Crippen LogP contribution in [0.5, 0.6) is 0 Å². The Morgan fingerprint density at radius 2 is 2.17 bits per heavy atom. The number of carbonyl (C=O) groups is 2. The number of carboxylic acids is 1. The Bertz CT molecular complexity index is 504. The molecule has 1 aromatic rings. The minimum absolute atomic E-state index is 0.0955. The van der Waals surface area contributed by atoms with Crippen LogP contribution in [0.3, 0.4) is 0 Å². The molecule has 1 heterocycles. The predicted octanol–water partition coefficient (Wildman–Crippen LogP) is 0.835. The average Bonchev–Trinajstić information content (AvgIpc) is 2.78. The van der Waals surface area contributed by atoms with E-state index in [0.29, 0.717) is 25.2 Å². The van der Waals surface area contributed by atoms with E-state index in [4.69, 9.17) is 10.8 Å². The molecule has 0 radical (unpaired) electrons. The molecule has 0 spiro atoms. The van der Waals surface area contributed by atoms with E-state index in [9.17, 15) is 14.0 Å². The number of carbonyl (C=O) groups excluding carboxylic acids is 1. The standard InChI is InChI=1S/C12H13FN2O3/c13-9-5-7(12(17)18)1-2-10(9)15-4-3-8(6-15)11(14)16/h1-2,5,8H,3-4,6H2,(H2,14,16)(H,17,18). The topological polar surface area (TPSA) is 83.6 Å². The van der Waals surface area contributed by atoms with Crippen LogP contribution < -0.4 is 10.6 Å². The highest BCUT2D eigenvalue weighted by molar-refractivity contribution is 5.88. The average molecular weight is 252 g/mol. The van der Waals surface area contributed by atoms with Crippen molar-refractivity contribution in [3.63, 3.8) is 0 Å². The van der Waals surface area contributed by atoms with Crippen LogP contribution in [0.15, 0.2) is 18.2 Å². The number of nitrogens with zero attached hydrogens (tertiary/aromatic N) is 1. The number of hydrogen-bond acceptors (Lipinski definition) is 3. The Morgan fingerprint density at radius 3 is 2.67 bits per heavy atom. The minimum atomic E-state index is -1.17. The lowest BCUT2D eigenvalue weighted by Crippen LogP contribution is -2.27. The second-order valence-electron chi connectivity index (χ2n) is 4.31. The van der Waals surface area contributed by atoms with Crippen molar-refractivity contribution in [2.75, 3.05) is 18.0 Å². The number of hydrogen-bond donors (Lipinski definition) is 2. The van der Waals surface area contributed by atoms with Crippen LogP contribution in [0, 0.1) is 11.7 Å². The van der Waals surface area contributed by atoms with Gasteiger partial charge in [0.1, 0.15) is 5.82 Å². The van der Waals surface area contributed by atoms with Gasteiger partial charge in [0.2, 0.25) is 5.91 Å². The molecule has 0 aliphatic carbocycles. The summed E-state index contributed by atoms with van der Waals surface area (Å²) in [6, 6.07) is 3.75. The molecule has 1 aliphatic heterocycles. The molecule has 0 saturated carbocycles. The second-order valence-corrected chi connectivity index (χ2v) is 4.31. The van der Waals surface area contributed by atoms with E-state index in [1.807, 2.05) is 0 Å². The number of anilines is 1. The highest BCUT2D eigenvalue weighted by atomic mass is 19.1. The van der Waals surface area contributed by atoms with Crippen LogP contribution in [0.1, 0.15) is 16.8 Å². The van der Waals surface area contributed by atoms with Gasteiger partial charge in [-0.15, -0.1) is 0 Å². The van der Waals surface area contributed by atoms with Crippen molar-refractivity contribution in [1.29, 1.82) is 0 Å². The van der Waals surface area contributed by atoms with Crippen molar-refractivity contribution in [1.82, 2.24) is 0 Å². The number of rotatable bonds is 3. The fourth-order valence-electron chi connectivity index (χ4n) is 2.11. The molecule has 96 valence electrons. The van der Waals surface area contributed by atoms with Crippen LogP contribution in [0.25, 0.3) is 0 Å². The lowest BCUT2D eigenvalue weighted by atomic mass is 10.1. The highest BCUT2D eigenvalue weighted by Crippen LogP contribution is 2.26. The molecule has 5 nitrogen and oxygen atoms in total. The zero-order chi connectivity index (χ0) is 13.3. The van der Waals surface area contributed by atoms with Crippen LogP contribution >= 0.6 is 0 Å². The Labute approximate surface area is 103 Å². The van der Waals surface area contributed by atoms with Gasteiger partial charge >= 0.3 is 5.97 Å². The predicted molar refractivity (Wildman–Crippen MR) is 62.9 cm³/mol. The monoisotopic (exact) mass is 252 g/mol. The number of carboxylic acid groups (broad SMARTS) is 1. The van der Waals surface area contributed by atoms with Gasteiger partial charge in [0, 0.05) is 13.1 Å². The fourth-order valence-corrected chi connectivity index (χ4v) is 2.11. The van der Waals surface area contributed by atoms with Gasteiger partial charge in [-0.3, -0.25) is 4.79 Å². The Morgan fingerprint density at radius 1 is 1.44 bits per heavy atom. The molecule has 0 bridgehead atoms. The number of halogens is 1. The van der Waals surface area contributed by atoms with E-state index in [2.05, 4.69) is 0 Å². The SMILES string of the molecule is NC(=O)C1CCN(c2ccc(C(=O)O)cc2F)C1. The van der Waals surface area contributed by atoms with Crippen LogP contribution in [0.2, 0.25) is 0 Å². The summed E-state index contributed by atoms with van der Waals surface area (Å²) in [7, 11) is 0. The molecule has 2 rings (SSSR count). The minimum Gasteiger partial charge on any atom is -0.478 e. The number of aromatic carboxylic acids is 1. The Kier molecular flexibility index (Phi) is 3.18. The number of primary amides is 1. The van der Waals surface area contributed by atoms with Gasteiger partial charge in [-0.1, -0.05) is 0 Å². The molecular weight excluding hydrogens is 239 g/mol. The third-order valence-electron chi connectivity index (χ3n) is 3.13. The van der Waals surface area contributed by atoms with Gasteiger partial charge < -0.3 is 15.7 Å². The summed E-state index contributed by atoms with van der Waals surface area (Å²) in [5, 5.41) is 8.74. The Hall–Kier alpha value is -2.11. The maximum Gasteiger partial charge on any atom is 0.335 e. The van der Waals surface area contributed by atoms with Gasteiger partial charge in [0.05, 0.1) is 17.2 Å². The van der Waals surface area contributed by atoms with Gasteiger partial charge in [0.15, 0.2) is 0 Å². The molecule has 18 heavy (non-hydrogen) atoms. The second kappa shape index (κ2) is 4.64. The van der Waals surface area contributed by atoms with Crippen LogP contribution in [-0.2, 0) is 4.79 Å². The molecule has 1 aromatic carbocycles. The largest absolute Gasteiger partial charge is 0.478 e. The van der Waals surface area contributed by atoms with Gasteiger partial charge in [-0.25, -0.2) is 9.18 Å². The summed E-state index contributed by atoms with van der Waals surface area (Å²) in [6.45, 7) is 0.912. The molecule has 1 atom stereocenters. The van der Waals surface area contributed by atoms with E-state index >= 15 is 0 Å². The van der Waals surface area contributed by atoms with Crippen LogP contribution in [-0.4, -0.2) is 30.1 Å². The molecular formula is C12H13FN2O3. The smallest absolute Gasteiger partial charge is 0.335 e. The summed E-state index contributed by atoms with van der Waals surface area (Å²) < 4.78 is 13.8. The van der Waals surface area contributed by atoms with Crippen molar-refractivity contribution < 1.29 is 19.1 Å². The lowest BCUT2D eigenvalue weighted by molar-refractivity contribution is -0.121. The van der Waals surface area contributed by atoms with Crippen molar-refractivity contribution in [3.05, 3.63) is 29.6 Å². The first-order valence-electron chi connectivity index (χ1n) is 5.56. The van der Waals surface area contributed by atoms with E-state index < -0.39 is 11.8 Å². The first-order chi connectivity index (χ1) is 8.49. The molecule has 1 amide bonds. The van der Waals surface area contributed by atoms with Crippen molar-refractivity contribution >= 4 is 17.6 Å². The maximum absolute atomic E-state index is 13.8. The summed E-state index contributed by atoms with van der Waals surface area (Å²) >= 11 is 0. The third-order valence-corrected chi connectivity index (χ3v) is 3.13. The zero-order valence-corrected chi connectivity index (χ0v) is 9.60. The lowest BCUT2D eigenvalue weighted by Gasteiger charge is -2.19. The van der Waals surface area contributed by atoms with Crippen molar-refractivity contribution in [2.24, 2.45) is 11.7 Å². The highest BCUT2D eigenvalue weighted by Gasteiger charge is 2.28. The molecule has 6 heteroatoms. The van der Waals surface area contributed by atoms with E-state index in [1.165, 1.54) is 12.1 Å². The van der Waals surface area contributed by atoms with E-state index in [-0.39, 0.29) is 17.4 Å². The quantitative estimate of drug-likeness (QED) is 0.834. The van der Waals surface area contributed by atoms with Gasteiger partial charge in [-0.05, 0) is 24.6 Å². The molecule has 1 unspecified atom stereocenters. The normalized spacial score (nSPS) is 18.9. The van der Waals surface area contributed by atoms with Crippen LogP contribution in [0.4, 0.5) is 10.1 Å². The van der Waals surface area contributed by atoms with Gasteiger partial charge in [0.25, 0.3) is 0 Å². The molecule has 1 saturated heterocycles. The van der Waals surface area contributed by atoms with Gasteiger partial charge in [-0.2, -0.15) is 0 Å². The third kappa shape index (κ3) is 2.27. The summed E-state index contributed by atoms with van der Waals surface area (Å²) in [4.78, 5) is 23.4. The first-order valence-corrected chi connectivity index (χ1v) is 5.56. The molecule has 1 fully saturated rings. The zero-order valence-electron chi connectivity index (χ0n) is 9.60. The molecule has 0 aromatic heterocycles. The van der Waals surface area contributed by atoms with Crippen molar-refractivity contribution in [2.45, 2.75) is 6.42 Å². The molecule has 3 N–H and O–H groups in total. The first kappa shape index (κ1) is 12.3. The number of nitrogens with two attached hydrogens (primary N) is 1.